The van der Waals surface area contributed by atoms with Crippen molar-refractivity contribution in [3.05, 3.63) is 24.3 Å². The van der Waals surface area contributed by atoms with Crippen molar-refractivity contribution in [3.63, 3.8) is 0 Å². The van der Waals surface area contributed by atoms with Crippen molar-refractivity contribution in [1.29, 1.82) is 0 Å². The van der Waals surface area contributed by atoms with Gasteiger partial charge in [-0.05, 0) is 44.9 Å². The van der Waals surface area contributed by atoms with Crippen LogP contribution in [0, 0.1) is 0 Å². The number of rotatable bonds is 52. The highest BCUT2D eigenvalue weighted by molar-refractivity contribution is 5.69. The number of carbonyl (C=O) groups is 1. The minimum Gasteiger partial charge on any atom is -0.457 e. The number of aliphatic hydroxyl groups is 7. The van der Waals surface area contributed by atoms with Gasteiger partial charge in [0.15, 0.2) is 12.6 Å². The monoisotopic (exact) mass is 1080 g/mol. The standard InChI is InChI=1S/C62H116O14/c1-3-5-7-9-11-13-15-17-19-21-22-23-24-25-26-27-28-29-31-33-35-37-39-41-43-45-54(64)74-51(48-71-46-44-42-40-38-36-34-32-30-20-18-16-14-12-10-8-6-4-2)49-72-61-60(70)58(68)56(66)53(76-61)50-73-62-59(69)57(67)55(65)52(47-63)75-62/h15,17,21-22,51-53,55-63,65-70H,3-14,16,18-20,23-50H2,1-2H3/b17-15-,22-21-. The van der Waals surface area contributed by atoms with Crippen LogP contribution in [0.4, 0.5) is 0 Å². The Morgan fingerprint density at radius 3 is 1.26 bits per heavy atom. The van der Waals surface area contributed by atoms with Crippen LogP contribution in [0.5, 0.6) is 0 Å². The van der Waals surface area contributed by atoms with E-state index in [1.807, 2.05) is 0 Å². The lowest BCUT2D eigenvalue weighted by molar-refractivity contribution is -0.332. The predicted molar refractivity (Wildman–Crippen MR) is 303 cm³/mol. The third kappa shape index (κ3) is 35.3. The Kier molecular flexibility index (Phi) is 45.8. The molecule has 0 aromatic heterocycles. The second kappa shape index (κ2) is 49.3. The average molecular weight is 1090 g/mol. The third-order valence-electron chi connectivity index (χ3n) is 15.2. The molecule has 2 aliphatic heterocycles. The Hall–Kier alpha value is -1.53. The molecule has 2 saturated heterocycles. The molecule has 0 aliphatic carbocycles. The summed E-state index contributed by atoms with van der Waals surface area (Å²) in [5.41, 5.74) is 0. The molecular weight excluding hydrogens is 969 g/mol. The maximum atomic E-state index is 13.1. The molecule has 0 aromatic carbocycles. The first-order valence-corrected chi connectivity index (χ1v) is 31.4. The Morgan fingerprint density at radius 2 is 0.816 bits per heavy atom. The fraction of sp³-hybridized carbons (Fsp3) is 0.919. The van der Waals surface area contributed by atoms with Crippen molar-refractivity contribution in [2.75, 3.05) is 33.0 Å². The molecule has 14 nitrogen and oxygen atoms in total. The van der Waals surface area contributed by atoms with Crippen molar-refractivity contribution in [2.24, 2.45) is 0 Å². The molecule has 11 atom stereocenters. The number of esters is 1. The fourth-order valence-corrected chi connectivity index (χ4v) is 10.1. The quantitative estimate of drug-likeness (QED) is 0.0172. The van der Waals surface area contributed by atoms with Crippen LogP contribution in [0.1, 0.15) is 264 Å². The summed E-state index contributed by atoms with van der Waals surface area (Å²) in [4.78, 5) is 13.1. The van der Waals surface area contributed by atoms with Gasteiger partial charge in [0.05, 0.1) is 26.4 Å². The van der Waals surface area contributed by atoms with Crippen molar-refractivity contribution in [2.45, 2.75) is 332 Å². The van der Waals surface area contributed by atoms with Crippen molar-refractivity contribution < 1.29 is 69.0 Å². The molecule has 448 valence electrons. The Bertz CT molecular complexity index is 1350. The first kappa shape index (κ1) is 70.6. The molecule has 0 saturated carbocycles. The van der Waals surface area contributed by atoms with E-state index in [0.717, 1.165) is 44.9 Å². The first-order valence-electron chi connectivity index (χ1n) is 31.4. The van der Waals surface area contributed by atoms with Crippen LogP contribution < -0.4 is 0 Å². The predicted octanol–water partition coefficient (Wildman–Crippen LogP) is 11.9. The van der Waals surface area contributed by atoms with Crippen LogP contribution in [-0.2, 0) is 33.2 Å². The summed E-state index contributed by atoms with van der Waals surface area (Å²) in [6.45, 7) is 3.74. The number of allylic oxidation sites excluding steroid dienone is 4. The summed E-state index contributed by atoms with van der Waals surface area (Å²) < 4.78 is 34.5. The number of carbonyl (C=O) groups excluding carboxylic acids is 1. The van der Waals surface area contributed by atoms with Gasteiger partial charge in [0.25, 0.3) is 0 Å². The van der Waals surface area contributed by atoms with E-state index < -0.39 is 80.7 Å². The molecule has 0 spiro atoms. The molecule has 0 amide bonds. The zero-order valence-electron chi connectivity index (χ0n) is 48.3. The molecule has 2 heterocycles. The normalized spacial score (nSPS) is 24.5. The lowest BCUT2D eigenvalue weighted by Gasteiger charge is -2.42. The first-order chi connectivity index (χ1) is 37.1. The molecule has 2 aliphatic rings. The molecule has 0 radical (unpaired) electrons. The molecule has 7 N–H and O–H groups in total. The minimum atomic E-state index is -1.70. The molecule has 2 rings (SSSR count). The van der Waals surface area contributed by atoms with E-state index in [9.17, 15) is 40.5 Å². The van der Waals surface area contributed by atoms with Crippen LogP contribution in [-0.4, -0.2) is 142 Å². The summed E-state index contributed by atoms with van der Waals surface area (Å²) in [5.74, 6) is -0.371. The van der Waals surface area contributed by atoms with Gasteiger partial charge < -0.3 is 64.2 Å². The fourth-order valence-electron chi connectivity index (χ4n) is 10.1. The Labute approximate surface area is 462 Å². The summed E-state index contributed by atoms with van der Waals surface area (Å²) in [5, 5.41) is 72.4. The van der Waals surface area contributed by atoms with Crippen LogP contribution in [0.2, 0.25) is 0 Å². The van der Waals surface area contributed by atoms with Gasteiger partial charge in [-0.1, -0.05) is 237 Å². The van der Waals surface area contributed by atoms with E-state index in [2.05, 4.69) is 38.2 Å². The average Bonchev–Trinajstić information content (AvgIpc) is 3.42. The number of hydrogen-bond donors (Lipinski definition) is 7. The van der Waals surface area contributed by atoms with Crippen LogP contribution in [0.3, 0.4) is 0 Å². The summed E-state index contributed by atoms with van der Waals surface area (Å²) in [6, 6.07) is 0. The lowest BCUT2D eigenvalue weighted by atomic mass is 9.98. The number of hydrogen-bond acceptors (Lipinski definition) is 14. The largest absolute Gasteiger partial charge is 0.457 e. The Balaban J connectivity index is 1.67. The summed E-state index contributed by atoms with van der Waals surface area (Å²) in [7, 11) is 0. The molecule has 0 bridgehead atoms. The molecule has 14 heteroatoms. The van der Waals surface area contributed by atoms with Gasteiger partial charge in [-0.3, -0.25) is 4.79 Å². The maximum absolute atomic E-state index is 13.1. The molecular formula is C62H116O14. The second-order valence-electron chi connectivity index (χ2n) is 22.2. The van der Waals surface area contributed by atoms with Crippen LogP contribution >= 0.6 is 0 Å². The second-order valence-corrected chi connectivity index (χ2v) is 22.2. The van der Waals surface area contributed by atoms with E-state index in [1.165, 1.54) is 193 Å². The number of ether oxygens (including phenoxy) is 6. The lowest BCUT2D eigenvalue weighted by Crippen LogP contribution is -2.61. The topological polar surface area (TPSA) is 214 Å². The molecule has 0 aromatic rings. The van der Waals surface area contributed by atoms with Gasteiger partial charge in [0.2, 0.25) is 0 Å². The van der Waals surface area contributed by atoms with Crippen molar-refractivity contribution >= 4 is 5.97 Å². The van der Waals surface area contributed by atoms with Crippen molar-refractivity contribution in [1.82, 2.24) is 0 Å². The van der Waals surface area contributed by atoms with Gasteiger partial charge >= 0.3 is 5.97 Å². The highest BCUT2D eigenvalue weighted by atomic mass is 16.7. The van der Waals surface area contributed by atoms with Gasteiger partial charge in [0.1, 0.15) is 54.9 Å². The third-order valence-corrected chi connectivity index (χ3v) is 15.2. The molecule has 2 fully saturated rings. The van der Waals surface area contributed by atoms with Crippen LogP contribution in [0.15, 0.2) is 24.3 Å². The van der Waals surface area contributed by atoms with E-state index in [-0.39, 0.29) is 25.6 Å². The van der Waals surface area contributed by atoms with E-state index >= 15 is 0 Å². The zero-order chi connectivity index (χ0) is 55.1. The van der Waals surface area contributed by atoms with E-state index in [4.69, 9.17) is 28.4 Å². The van der Waals surface area contributed by atoms with Gasteiger partial charge in [-0.15, -0.1) is 0 Å². The summed E-state index contributed by atoms with van der Waals surface area (Å²) >= 11 is 0. The molecule has 76 heavy (non-hydrogen) atoms. The highest BCUT2D eigenvalue weighted by Crippen LogP contribution is 2.27. The number of aliphatic hydroxyl groups excluding tert-OH is 7. The van der Waals surface area contributed by atoms with Crippen LogP contribution in [0.25, 0.3) is 0 Å². The van der Waals surface area contributed by atoms with E-state index in [1.54, 1.807) is 0 Å². The highest BCUT2D eigenvalue weighted by Gasteiger charge is 2.47. The van der Waals surface area contributed by atoms with E-state index in [0.29, 0.717) is 13.0 Å². The molecule has 11 unspecified atom stereocenters. The summed E-state index contributed by atoms with van der Waals surface area (Å²) in [6.07, 6.45) is 41.0. The SMILES string of the molecule is CCCCCCC/C=C\C/C=C\CCCCCCCCCCCCCCCC(=O)OC(COCCCCCCCCCCCCCCCCCCC)COC1OC(COC2OC(CO)C(O)C(O)C2O)C(O)C(O)C1O. The van der Waals surface area contributed by atoms with Crippen molar-refractivity contribution in [3.8, 4) is 0 Å². The zero-order valence-corrected chi connectivity index (χ0v) is 48.3. The minimum absolute atomic E-state index is 0.0669. The van der Waals surface area contributed by atoms with Gasteiger partial charge in [0, 0.05) is 13.0 Å². The number of unbranched alkanes of at least 4 members (excludes halogenated alkanes) is 34. The Morgan fingerprint density at radius 1 is 0.434 bits per heavy atom. The van der Waals surface area contributed by atoms with Gasteiger partial charge in [-0.2, -0.15) is 0 Å². The maximum Gasteiger partial charge on any atom is 0.306 e. The smallest absolute Gasteiger partial charge is 0.306 e. The van der Waals surface area contributed by atoms with Gasteiger partial charge in [-0.25, -0.2) is 0 Å².